The quantitative estimate of drug-likeness (QED) is 0.313. The number of rotatable bonds is 7. The number of aromatic amines is 1. The van der Waals surface area contributed by atoms with E-state index >= 15 is 0 Å². The minimum absolute atomic E-state index is 0.0655. The first kappa shape index (κ1) is 20.2. The van der Waals surface area contributed by atoms with Crippen LogP contribution in [-0.4, -0.2) is 48.1 Å². The molecule has 1 fully saturated rings. The number of ketones is 1. The number of hydrogen-bond acceptors (Lipinski definition) is 7. The van der Waals surface area contributed by atoms with Gasteiger partial charge >= 0.3 is 5.97 Å². The molecule has 8 nitrogen and oxygen atoms in total. The molecule has 2 N–H and O–H groups in total. The summed E-state index contributed by atoms with van der Waals surface area (Å²) in [5.74, 6) is -0.941. The van der Waals surface area contributed by atoms with Crippen LogP contribution in [0.2, 0.25) is 0 Å². The number of pyridine rings is 1. The van der Waals surface area contributed by atoms with Gasteiger partial charge in [-0.05, 0) is 31.1 Å². The zero-order chi connectivity index (χ0) is 20.9. The van der Waals surface area contributed by atoms with Crippen molar-refractivity contribution in [1.29, 1.82) is 0 Å². The lowest BCUT2D eigenvalue weighted by molar-refractivity contribution is -0.141. The molecule has 0 amide bonds. The molecule has 1 aliphatic heterocycles. The number of allylic oxidation sites excluding steroid dienone is 1. The highest BCUT2D eigenvalue weighted by molar-refractivity contribution is 6.26. The fraction of sp³-hybridized carbons (Fsp3) is 0.409. The monoisotopic (exact) mass is 411 g/mol. The Morgan fingerprint density at radius 1 is 1.33 bits per heavy atom. The molecule has 0 saturated heterocycles. The van der Waals surface area contributed by atoms with Crippen molar-refractivity contribution >= 4 is 28.9 Å². The van der Waals surface area contributed by atoms with E-state index in [1.54, 1.807) is 18.5 Å². The Bertz CT molecular complexity index is 1000. The molecule has 0 bridgehead atoms. The molecule has 2 aliphatic rings. The van der Waals surface area contributed by atoms with Gasteiger partial charge in [0.25, 0.3) is 0 Å². The summed E-state index contributed by atoms with van der Waals surface area (Å²) >= 11 is 0. The summed E-state index contributed by atoms with van der Waals surface area (Å²) in [5, 5.41) is 4.12. The molecule has 2 aromatic heterocycles. The van der Waals surface area contributed by atoms with Gasteiger partial charge in [-0.1, -0.05) is 19.3 Å². The molecular weight excluding hydrogens is 386 g/mol. The molecule has 4 rings (SSSR count). The Balaban J connectivity index is 1.60. The summed E-state index contributed by atoms with van der Waals surface area (Å²) in [4.78, 5) is 33.0. The SMILES string of the molecule is COCCOC(=O)C1=C(NC2CCCCC2)O/C(=C\c2c[nH]c3ncccc23)C1=O. The molecular formula is C22H25N3O5. The normalized spacial score (nSPS) is 18.8. The van der Waals surface area contributed by atoms with Gasteiger partial charge in [0, 0.05) is 36.5 Å². The average Bonchev–Trinajstić information content (AvgIpc) is 3.30. The van der Waals surface area contributed by atoms with Crippen molar-refractivity contribution in [2.75, 3.05) is 20.3 Å². The number of carbonyl (C=O) groups excluding carboxylic acids is 2. The van der Waals surface area contributed by atoms with Crippen molar-refractivity contribution in [2.24, 2.45) is 0 Å². The highest BCUT2D eigenvalue weighted by atomic mass is 16.6. The van der Waals surface area contributed by atoms with Gasteiger partial charge in [0.1, 0.15) is 12.3 Å². The minimum atomic E-state index is -0.709. The van der Waals surface area contributed by atoms with Crippen LogP contribution in [0.4, 0.5) is 0 Å². The summed E-state index contributed by atoms with van der Waals surface area (Å²) in [6.45, 7) is 0.320. The average molecular weight is 411 g/mol. The van der Waals surface area contributed by atoms with Crippen LogP contribution in [-0.2, 0) is 23.8 Å². The number of Topliss-reactive ketones (excluding diaryl/α,β-unsaturated/α-hetero) is 1. The van der Waals surface area contributed by atoms with E-state index in [1.807, 2.05) is 12.1 Å². The Morgan fingerprint density at radius 3 is 2.97 bits per heavy atom. The van der Waals surface area contributed by atoms with Gasteiger partial charge < -0.3 is 24.5 Å². The molecule has 1 saturated carbocycles. The lowest BCUT2D eigenvalue weighted by Crippen LogP contribution is -2.32. The van der Waals surface area contributed by atoms with Crippen LogP contribution < -0.4 is 5.32 Å². The molecule has 8 heteroatoms. The van der Waals surface area contributed by atoms with Crippen molar-refractivity contribution in [3.05, 3.63) is 47.3 Å². The van der Waals surface area contributed by atoms with E-state index in [-0.39, 0.29) is 36.5 Å². The third-order valence-electron chi connectivity index (χ3n) is 5.32. The number of fused-ring (bicyclic) bond motifs is 1. The van der Waals surface area contributed by atoms with E-state index in [0.29, 0.717) is 5.65 Å². The number of hydrogen-bond donors (Lipinski definition) is 2. The van der Waals surface area contributed by atoms with Crippen molar-refractivity contribution in [1.82, 2.24) is 15.3 Å². The topological polar surface area (TPSA) is 103 Å². The number of methoxy groups -OCH3 is 1. The van der Waals surface area contributed by atoms with Gasteiger partial charge in [-0.15, -0.1) is 0 Å². The van der Waals surface area contributed by atoms with Crippen LogP contribution in [0.3, 0.4) is 0 Å². The van der Waals surface area contributed by atoms with Gasteiger partial charge in [0.15, 0.2) is 11.3 Å². The standard InChI is InChI=1S/C22H25N3O5/c1-28-10-11-29-22(27)18-19(26)17(30-21(18)25-15-6-3-2-4-7-15)12-14-13-24-20-16(14)8-5-9-23-20/h5,8-9,12-13,15,25H,2-4,6-7,10-11H2,1H3,(H,23,24)/b17-12-. The zero-order valence-electron chi connectivity index (χ0n) is 16.9. The summed E-state index contributed by atoms with van der Waals surface area (Å²) in [6.07, 6.45) is 10.4. The lowest BCUT2D eigenvalue weighted by atomic mass is 9.95. The van der Waals surface area contributed by atoms with Crippen molar-refractivity contribution in [3.63, 3.8) is 0 Å². The first-order valence-corrected chi connectivity index (χ1v) is 10.2. The molecule has 3 heterocycles. The largest absolute Gasteiger partial charge is 0.459 e. The second-order valence-corrected chi connectivity index (χ2v) is 7.40. The maximum atomic E-state index is 13.0. The van der Waals surface area contributed by atoms with Crippen molar-refractivity contribution < 1.29 is 23.8 Å². The molecule has 30 heavy (non-hydrogen) atoms. The van der Waals surface area contributed by atoms with E-state index in [1.165, 1.54) is 13.5 Å². The van der Waals surface area contributed by atoms with Gasteiger partial charge in [-0.2, -0.15) is 0 Å². The van der Waals surface area contributed by atoms with Gasteiger partial charge in [-0.3, -0.25) is 4.79 Å². The van der Waals surface area contributed by atoms with Crippen molar-refractivity contribution in [3.8, 4) is 0 Å². The molecule has 2 aromatic rings. The predicted octanol–water partition coefficient (Wildman–Crippen LogP) is 2.83. The molecule has 0 radical (unpaired) electrons. The van der Waals surface area contributed by atoms with Crippen LogP contribution in [0.15, 0.2) is 41.7 Å². The Hall–Kier alpha value is -3.13. The van der Waals surface area contributed by atoms with E-state index in [2.05, 4.69) is 15.3 Å². The maximum Gasteiger partial charge on any atom is 0.347 e. The highest BCUT2D eigenvalue weighted by Crippen LogP contribution is 2.29. The molecule has 1 aliphatic carbocycles. The van der Waals surface area contributed by atoms with E-state index in [4.69, 9.17) is 14.2 Å². The Labute approximate surface area is 174 Å². The fourth-order valence-corrected chi connectivity index (χ4v) is 3.78. The van der Waals surface area contributed by atoms with Crippen molar-refractivity contribution in [2.45, 2.75) is 38.1 Å². The minimum Gasteiger partial charge on any atom is -0.459 e. The number of esters is 1. The fourth-order valence-electron chi connectivity index (χ4n) is 3.78. The van der Waals surface area contributed by atoms with E-state index in [9.17, 15) is 9.59 Å². The lowest BCUT2D eigenvalue weighted by Gasteiger charge is -2.24. The summed E-state index contributed by atoms with van der Waals surface area (Å²) in [6, 6.07) is 3.89. The van der Waals surface area contributed by atoms with Gasteiger partial charge in [0.05, 0.1) is 6.61 Å². The van der Waals surface area contributed by atoms with E-state index < -0.39 is 11.8 Å². The summed E-state index contributed by atoms with van der Waals surface area (Å²) in [5.41, 5.74) is 1.37. The molecule has 0 atom stereocenters. The Morgan fingerprint density at radius 2 is 2.17 bits per heavy atom. The molecule has 0 spiro atoms. The number of nitrogens with one attached hydrogen (secondary N) is 2. The second kappa shape index (κ2) is 9.13. The number of H-pyrrole nitrogens is 1. The van der Waals surface area contributed by atoms with Crippen LogP contribution in [0.5, 0.6) is 0 Å². The summed E-state index contributed by atoms with van der Waals surface area (Å²) < 4.78 is 16.0. The van der Waals surface area contributed by atoms with Crippen LogP contribution in [0.25, 0.3) is 17.1 Å². The highest BCUT2D eigenvalue weighted by Gasteiger charge is 2.38. The second-order valence-electron chi connectivity index (χ2n) is 7.40. The van der Waals surface area contributed by atoms with Crippen LogP contribution >= 0.6 is 0 Å². The van der Waals surface area contributed by atoms with E-state index in [0.717, 1.165) is 36.6 Å². The van der Waals surface area contributed by atoms with Crippen LogP contribution in [0, 0.1) is 0 Å². The predicted molar refractivity (Wildman–Crippen MR) is 110 cm³/mol. The first-order valence-electron chi connectivity index (χ1n) is 10.2. The third-order valence-corrected chi connectivity index (χ3v) is 5.32. The molecule has 158 valence electrons. The zero-order valence-corrected chi connectivity index (χ0v) is 16.9. The number of nitrogens with zero attached hydrogens (tertiary/aromatic N) is 1. The third kappa shape index (κ3) is 4.23. The molecule has 0 unspecified atom stereocenters. The first-order chi connectivity index (χ1) is 14.7. The van der Waals surface area contributed by atoms with Gasteiger partial charge in [-0.25, -0.2) is 9.78 Å². The van der Waals surface area contributed by atoms with Crippen LogP contribution in [0.1, 0.15) is 37.7 Å². The Kier molecular flexibility index (Phi) is 6.13. The number of aromatic nitrogens is 2. The maximum absolute atomic E-state index is 13.0. The number of carbonyl (C=O) groups is 2. The molecule has 0 aromatic carbocycles. The summed E-state index contributed by atoms with van der Waals surface area (Å²) in [7, 11) is 1.52. The van der Waals surface area contributed by atoms with Gasteiger partial charge in [0.2, 0.25) is 11.7 Å². The smallest absolute Gasteiger partial charge is 0.347 e. The number of ether oxygens (including phenoxy) is 3.